The third-order valence-electron chi connectivity index (χ3n) is 2.26. The van der Waals surface area contributed by atoms with Crippen LogP contribution in [0, 0.1) is 0 Å². The van der Waals surface area contributed by atoms with Crippen molar-refractivity contribution < 1.29 is 15.0 Å². The normalized spacial score (nSPS) is 10.3. The van der Waals surface area contributed by atoms with Crippen molar-refractivity contribution in [3.63, 3.8) is 0 Å². The van der Waals surface area contributed by atoms with Crippen LogP contribution in [0.15, 0.2) is 29.1 Å². The number of benzene rings is 1. The molecule has 0 aliphatic carbocycles. The molecule has 1 aromatic heterocycles. The quantitative estimate of drug-likeness (QED) is 0.764. The van der Waals surface area contributed by atoms with Gasteiger partial charge in [-0.2, -0.15) is 5.10 Å². The van der Waals surface area contributed by atoms with Crippen molar-refractivity contribution >= 4 is 17.6 Å². The van der Waals surface area contributed by atoms with Crippen LogP contribution in [0.1, 0.15) is 10.4 Å². The number of hydrogen-bond acceptors (Lipinski definition) is 4. The highest BCUT2D eigenvalue weighted by Gasteiger charge is 2.13. The number of aromatic amines is 1. The highest BCUT2D eigenvalue weighted by atomic mass is 35.5. The van der Waals surface area contributed by atoms with Gasteiger partial charge in [0.1, 0.15) is 11.3 Å². The Labute approximate surface area is 105 Å². The average Bonchev–Trinajstić information content (AvgIpc) is 2.30. The van der Waals surface area contributed by atoms with Gasteiger partial charge in [0.15, 0.2) is 0 Å². The van der Waals surface area contributed by atoms with Gasteiger partial charge in [-0.05, 0) is 24.3 Å². The van der Waals surface area contributed by atoms with Crippen LogP contribution < -0.4 is 5.56 Å². The predicted molar refractivity (Wildman–Crippen MR) is 63.9 cm³/mol. The van der Waals surface area contributed by atoms with Crippen molar-refractivity contribution in [1.29, 1.82) is 0 Å². The van der Waals surface area contributed by atoms with E-state index < -0.39 is 17.1 Å². The van der Waals surface area contributed by atoms with E-state index >= 15 is 0 Å². The number of phenolic OH excluding ortho intramolecular Hbond substituents is 1. The summed E-state index contributed by atoms with van der Waals surface area (Å²) >= 11 is 5.90. The molecule has 2 rings (SSSR count). The van der Waals surface area contributed by atoms with Gasteiger partial charge in [-0.3, -0.25) is 4.79 Å². The fraction of sp³-hybridized carbons (Fsp3) is 0. The lowest BCUT2D eigenvalue weighted by molar-refractivity contribution is 0.0694. The number of carboxylic acid groups (broad SMARTS) is 1. The van der Waals surface area contributed by atoms with Gasteiger partial charge in [-0.1, -0.05) is 11.6 Å². The van der Waals surface area contributed by atoms with Gasteiger partial charge < -0.3 is 10.2 Å². The Morgan fingerprint density at radius 3 is 2.67 bits per heavy atom. The van der Waals surface area contributed by atoms with Crippen LogP contribution in [-0.4, -0.2) is 26.4 Å². The third kappa shape index (κ3) is 2.18. The molecular formula is C11H7ClN2O4. The molecule has 0 amide bonds. The van der Waals surface area contributed by atoms with Crippen molar-refractivity contribution in [3.8, 4) is 17.0 Å². The van der Waals surface area contributed by atoms with Gasteiger partial charge in [0.2, 0.25) is 0 Å². The van der Waals surface area contributed by atoms with E-state index in [1.165, 1.54) is 18.2 Å². The summed E-state index contributed by atoms with van der Waals surface area (Å²) < 4.78 is 0. The molecule has 18 heavy (non-hydrogen) atoms. The number of aromatic nitrogens is 2. The number of carbonyl (C=O) groups is 1. The van der Waals surface area contributed by atoms with Gasteiger partial charge in [0.25, 0.3) is 5.56 Å². The third-order valence-corrected chi connectivity index (χ3v) is 2.58. The molecule has 3 N–H and O–H groups in total. The number of rotatable bonds is 2. The number of H-pyrrole nitrogens is 1. The molecule has 0 aliphatic heterocycles. The first-order valence-corrected chi connectivity index (χ1v) is 5.19. The number of hydrogen-bond donors (Lipinski definition) is 3. The fourth-order valence-electron chi connectivity index (χ4n) is 1.41. The molecule has 6 nitrogen and oxygen atoms in total. The SMILES string of the molecule is O=C(O)c1cc(-c2ccc(O)cc2Cl)n[nH]c1=O. The summed E-state index contributed by atoms with van der Waals surface area (Å²) in [5.74, 6) is -1.37. The number of aromatic carboxylic acids is 1. The summed E-state index contributed by atoms with van der Waals surface area (Å²) in [4.78, 5) is 22.0. The van der Waals surface area contributed by atoms with E-state index in [1.807, 2.05) is 0 Å². The lowest BCUT2D eigenvalue weighted by Gasteiger charge is -2.04. The second-order valence-corrected chi connectivity index (χ2v) is 3.87. The summed E-state index contributed by atoms with van der Waals surface area (Å²) in [6.07, 6.45) is 0. The second-order valence-electron chi connectivity index (χ2n) is 3.47. The smallest absolute Gasteiger partial charge is 0.341 e. The molecule has 0 atom stereocenters. The molecule has 92 valence electrons. The maximum Gasteiger partial charge on any atom is 0.341 e. The summed E-state index contributed by atoms with van der Waals surface area (Å²) in [5.41, 5.74) is -0.601. The van der Waals surface area contributed by atoms with Crippen LogP contribution in [0.3, 0.4) is 0 Å². The monoisotopic (exact) mass is 266 g/mol. The maximum absolute atomic E-state index is 11.2. The zero-order valence-electron chi connectivity index (χ0n) is 8.85. The number of phenols is 1. The maximum atomic E-state index is 11.2. The van der Waals surface area contributed by atoms with E-state index in [1.54, 1.807) is 0 Å². The molecular weight excluding hydrogens is 260 g/mol. The van der Waals surface area contributed by atoms with Crippen LogP contribution in [0.5, 0.6) is 5.75 Å². The molecule has 0 saturated heterocycles. The molecule has 0 aliphatic rings. The van der Waals surface area contributed by atoms with Crippen LogP contribution in [0.25, 0.3) is 11.3 Å². The van der Waals surface area contributed by atoms with Crippen molar-refractivity contribution in [2.75, 3.05) is 0 Å². The van der Waals surface area contributed by atoms with Gasteiger partial charge in [-0.25, -0.2) is 9.89 Å². The average molecular weight is 267 g/mol. The zero-order valence-corrected chi connectivity index (χ0v) is 9.60. The minimum atomic E-state index is -1.35. The number of nitrogens with zero attached hydrogens (tertiary/aromatic N) is 1. The fourth-order valence-corrected chi connectivity index (χ4v) is 1.69. The van der Waals surface area contributed by atoms with Crippen molar-refractivity contribution in [2.45, 2.75) is 0 Å². The molecule has 0 bridgehead atoms. The van der Waals surface area contributed by atoms with Crippen molar-refractivity contribution in [1.82, 2.24) is 10.2 Å². The van der Waals surface area contributed by atoms with Crippen LogP contribution in [0.2, 0.25) is 5.02 Å². The number of halogens is 1. The topological polar surface area (TPSA) is 103 Å². The Balaban J connectivity index is 2.61. The van der Waals surface area contributed by atoms with Gasteiger partial charge in [0.05, 0.1) is 10.7 Å². The molecule has 2 aromatic rings. The minimum absolute atomic E-state index is 0.0216. The Bertz CT molecular complexity index is 681. The second kappa shape index (κ2) is 4.50. The van der Waals surface area contributed by atoms with E-state index in [-0.39, 0.29) is 16.5 Å². The Morgan fingerprint density at radius 1 is 1.33 bits per heavy atom. The molecule has 0 saturated carbocycles. The number of carboxylic acids is 1. The lowest BCUT2D eigenvalue weighted by atomic mass is 10.1. The first-order valence-electron chi connectivity index (χ1n) is 4.81. The largest absolute Gasteiger partial charge is 0.508 e. The predicted octanol–water partition coefficient (Wildman–Crippen LogP) is 1.49. The van der Waals surface area contributed by atoms with Crippen molar-refractivity contribution in [2.24, 2.45) is 0 Å². The summed E-state index contributed by atoms with van der Waals surface area (Å²) in [5, 5.41) is 24.0. The van der Waals surface area contributed by atoms with Crippen LogP contribution in [0.4, 0.5) is 0 Å². The molecule has 0 radical (unpaired) electrons. The van der Waals surface area contributed by atoms with E-state index in [2.05, 4.69) is 10.2 Å². The lowest BCUT2D eigenvalue weighted by Crippen LogP contribution is -2.18. The Kier molecular flexibility index (Phi) is 3.03. The van der Waals surface area contributed by atoms with Gasteiger partial charge in [0, 0.05) is 5.56 Å². The van der Waals surface area contributed by atoms with Gasteiger partial charge >= 0.3 is 5.97 Å². The van der Waals surface area contributed by atoms with Crippen LogP contribution in [-0.2, 0) is 0 Å². The van der Waals surface area contributed by atoms with Crippen LogP contribution >= 0.6 is 11.6 Å². The van der Waals surface area contributed by atoms with Gasteiger partial charge in [-0.15, -0.1) is 0 Å². The molecule has 0 unspecified atom stereocenters. The van der Waals surface area contributed by atoms with E-state index in [9.17, 15) is 14.7 Å². The van der Waals surface area contributed by atoms with Crippen molar-refractivity contribution in [3.05, 3.63) is 45.2 Å². The molecule has 1 aromatic carbocycles. The zero-order chi connectivity index (χ0) is 13.3. The molecule has 0 spiro atoms. The Morgan fingerprint density at radius 2 is 2.06 bits per heavy atom. The highest BCUT2D eigenvalue weighted by Crippen LogP contribution is 2.29. The number of aromatic hydroxyl groups is 1. The summed E-state index contributed by atoms with van der Waals surface area (Å²) in [6.45, 7) is 0. The van der Waals surface area contributed by atoms with E-state index in [4.69, 9.17) is 16.7 Å². The molecule has 1 heterocycles. The first-order chi connectivity index (χ1) is 8.49. The Hall–Kier alpha value is -2.34. The minimum Gasteiger partial charge on any atom is -0.508 e. The standard InChI is InChI=1S/C11H7ClN2O4/c12-8-3-5(15)1-2-6(8)9-4-7(11(17)18)10(16)14-13-9/h1-4,15H,(H,14,16)(H,17,18). The highest BCUT2D eigenvalue weighted by molar-refractivity contribution is 6.33. The summed E-state index contributed by atoms with van der Waals surface area (Å²) in [6, 6.07) is 5.28. The molecule has 0 fully saturated rings. The molecule has 7 heteroatoms. The summed E-state index contributed by atoms with van der Waals surface area (Å²) in [7, 11) is 0. The number of nitrogens with one attached hydrogen (secondary N) is 1. The first kappa shape index (κ1) is 12.1. The van der Waals surface area contributed by atoms with E-state index in [0.717, 1.165) is 6.07 Å². The van der Waals surface area contributed by atoms with E-state index in [0.29, 0.717) is 5.56 Å².